The van der Waals surface area contributed by atoms with Crippen LogP contribution in [0.15, 0.2) is 36.4 Å². The molecule has 2 aromatic carbocycles. The second kappa shape index (κ2) is 12.0. The molecule has 8 nitrogen and oxygen atoms in total. The van der Waals surface area contributed by atoms with Gasteiger partial charge in [0, 0.05) is 0 Å². The van der Waals surface area contributed by atoms with E-state index in [1.807, 2.05) is 0 Å². The molecule has 4 N–H and O–H groups in total. The SMILES string of the molecule is Cl.Cl.Cl.Cl.O=C(O)c1ccc(-c2ccc(C(=O)O)c(C(=O)O)c2)cc1C(=O)O. The number of carboxylic acids is 4. The highest BCUT2D eigenvalue weighted by Gasteiger charge is 2.19. The molecule has 0 aromatic heterocycles. The van der Waals surface area contributed by atoms with Gasteiger partial charge < -0.3 is 20.4 Å². The summed E-state index contributed by atoms with van der Waals surface area (Å²) in [6.45, 7) is 0. The van der Waals surface area contributed by atoms with Crippen molar-refractivity contribution in [3.63, 3.8) is 0 Å². The van der Waals surface area contributed by atoms with Crippen molar-refractivity contribution in [1.29, 1.82) is 0 Å². The van der Waals surface area contributed by atoms with Gasteiger partial charge in [-0.1, -0.05) is 12.1 Å². The average Bonchev–Trinajstić information content (AvgIpc) is 2.53. The van der Waals surface area contributed by atoms with Crippen molar-refractivity contribution in [3.05, 3.63) is 58.7 Å². The molecule has 0 heterocycles. The van der Waals surface area contributed by atoms with Crippen LogP contribution in [-0.4, -0.2) is 44.3 Å². The quantitative estimate of drug-likeness (QED) is 0.509. The first kappa shape index (κ1) is 30.2. The zero-order valence-corrected chi connectivity index (χ0v) is 16.8. The Morgan fingerprint density at radius 3 is 0.929 bits per heavy atom. The summed E-state index contributed by atoms with van der Waals surface area (Å²) >= 11 is 0. The molecule has 12 heteroatoms. The molecule has 0 radical (unpaired) electrons. The highest BCUT2D eigenvalue weighted by Crippen LogP contribution is 2.25. The molecule has 0 fully saturated rings. The minimum atomic E-state index is -1.45. The minimum Gasteiger partial charge on any atom is -0.478 e. The Morgan fingerprint density at radius 2 is 0.714 bits per heavy atom. The van der Waals surface area contributed by atoms with Crippen LogP contribution in [-0.2, 0) is 0 Å². The van der Waals surface area contributed by atoms with Crippen LogP contribution in [0.1, 0.15) is 41.4 Å². The molecule has 0 saturated heterocycles. The highest BCUT2D eigenvalue weighted by molar-refractivity contribution is 6.04. The van der Waals surface area contributed by atoms with Crippen molar-refractivity contribution in [2.24, 2.45) is 0 Å². The van der Waals surface area contributed by atoms with E-state index in [1.165, 1.54) is 12.1 Å². The van der Waals surface area contributed by atoms with E-state index in [4.69, 9.17) is 20.4 Å². The molecule has 2 rings (SSSR count). The van der Waals surface area contributed by atoms with Crippen LogP contribution in [0, 0.1) is 0 Å². The van der Waals surface area contributed by atoms with Gasteiger partial charge >= 0.3 is 23.9 Å². The first-order chi connectivity index (χ1) is 11.2. The van der Waals surface area contributed by atoms with Gasteiger partial charge in [-0.2, -0.15) is 0 Å². The van der Waals surface area contributed by atoms with Crippen molar-refractivity contribution in [1.82, 2.24) is 0 Å². The van der Waals surface area contributed by atoms with E-state index in [1.54, 1.807) is 0 Å². The lowest BCUT2D eigenvalue weighted by atomic mass is 9.96. The van der Waals surface area contributed by atoms with E-state index in [-0.39, 0.29) is 60.8 Å². The van der Waals surface area contributed by atoms with Crippen LogP contribution in [0.4, 0.5) is 0 Å². The smallest absolute Gasteiger partial charge is 0.336 e. The summed E-state index contributed by atoms with van der Waals surface area (Å²) in [5.74, 6) is -5.72. The number of halogens is 4. The molecule has 0 atom stereocenters. The maximum Gasteiger partial charge on any atom is 0.336 e. The van der Waals surface area contributed by atoms with E-state index >= 15 is 0 Å². The van der Waals surface area contributed by atoms with Crippen LogP contribution in [0.3, 0.4) is 0 Å². The standard InChI is InChI=1S/C16H10O8.4ClH/c17-13(18)9-3-1-7(5-11(9)15(21)22)8-2-4-10(14(19)20)12(6-8)16(23)24;;;;/h1-6H,(H,17,18)(H,19,20)(H,21,22)(H,23,24);4*1H. The summed E-state index contributed by atoms with van der Waals surface area (Å²) in [6, 6.07) is 6.99. The van der Waals surface area contributed by atoms with E-state index in [9.17, 15) is 19.2 Å². The maximum absolute atomic E-state index is 11.2. The summed E-state index contributed by atoms with van der Waals surface area (Å²) in [6.07, 6.45) is 0. The van der Waals surface area contributed by atoms with Crippen LogP contribution in [0.2, 0.25) is 0 Å². The lowest BCUT2D eigenvalue weighted by Crippen LogP contribution is -2.09. The molecule has 28 heavy (non-hydrogen) atoms. The Hall–Kier alpha value is -2.52. The zero-order valence-electron chi connectivity index (χ0n) is 13.5. The molecule has 0 bridgehead atoms. The molecule has 0 aliphatic heterocycles. The lowest BCUT2D eigenvalue weighted by Gasteiger charge is -2.09. The first-order valence-corrected chi connectivity index (χ1v) is 6.44. The number of aromatic carboxylic acids is 4. The van der Waals surface area contributed by atoms with Gasteiger partial charge in [0.15, 0.2) is 0 Å². The molecular weight excluding hydrogens is 462 g/mol. The third-order valence-electron chi connectivity index (χ3n) is 3.29. The highest BCUT2D eigenvalue weighted by atomic mass is 35.5. The Kier molecular flexibility index (Phi) is 13.0. The molecule has 0 aliphatic carbocycles. The minimum absolute atomic E-state index is 0. The van der Waals surface area contributed by atoms with Gasteiger partial charge in [0.25, 0.3) is 0 Å². The van der Waals surface area contributed by atoms with Crippen LogP contribution >= 0.6 is 49.6 Å². The number of benzene rings is 2. The number of hydrogen-bond acceptors (Lipinski definition) is 4. The fourth-order valence-corrected chi connectivity index (χ4v) is 2.17. The van der Waals surface area contributed by atoms with Gasteiger partial charge in [-0.15, -0.1) is 49.6 Å². The monoisotopic (exact) mass is 474 g/mol. The molecular formula is C16H14Cl4O8. The molecule has 0 spiro atoms. The van der Waals surface area contributed by atoms with E-state index in [2.05, 4.69) is 0 Å². The number of carboxylic acid groups (broad SMARTS) is 4. The predicted octanol–water partition coefficient (Wildman–Crippen LogP) is 3.83. The van der Waals surface area contributed by atoms with Crippen molar-refractivity contribution in [3.8, 4) is 11.1 Å². The van der Waals surface area contributed by atoms with Crippen LogP contribution in [0.5, 0.6) is 0 Å². The van der Waals surface area contributed by atoms with Crippen molar-refractivity contribution in [2.45, 2.75) is 0 Å². The fraction of sp³-hybridized carbons (Fsp3) is 0. The summed E-state index contributed by atoms with van der Waals surface area (Å²) in [5.41, 5.74) is -1.24. The van der Waals surface area contributed by atoms with Crippen molar-refractivity contribution < 1.29 is 39.6 Å². The van der Waals surface area contributed by atoms with Gasteiger partial charge in [0.1, 0.15) is 0 Å². The average molecular weight is 476 g/mol. The number of carbonyl (C=O) groups is 4. The number of hydrogen-bond donors (Lipinski definition) is 4. The van der Waals surface area contributed by atoms with Crippen LogP contribution in [0.25, 0.3) is 11.1 Å². The van der Waals surface area contributed by atoms with Gasteiger partial charge in [-0.25, -0.2) is 19.2 Å². The Balaban J connectivity index is -0.00000156. The second-order valence-electron chi connectivity index (χ2n) is 4.74. The Morgan fingerprint density at radius 1 is 0.464 bits per heavy atom. The van der Waals surface area contributed by atoms with E-state index < -0.39 is 46.1 Å². The molecule has 2 aromatic rings. The third-order valence-corrected chi connectivity index (χ3v) is 3.29. The lowest BCUT2D eigenvalue weighted by molar-refractivity contribution is 0.0651. The molecule has 154 valence electrons. The summed E-state index contributed by atoms with van der Waals surface area (Å²) in [4.78, 5) is 44.4. The molecule has 0 unspecified atom stereocenters. The van der Waals surface area contributed by atoms with Gasteiger partial charge in [0.05, 0.1) is 22.3 Å². The van der Waals surface area contributed by atoms with Gasteiger partial charge in [-0.3, -0.25) is 0 Å². The first-order valence-electron chi connectivity index (χ1n) is 6.44. The summed E-state index contributed by atoms with van der Waals surface area (Å²) < 4.78 is 0. The topological polar surface area (TPSA) is 149 Å². The van der Waals surface area contributed by atoms with Crippen LogP contribution < -0.4 is 0 Å². The normalized spacial score (nSPS) is 8.71. The zero-order chi connectivity index (χ0) is 18.0. The molecule has 0 amide bonds. The Labute approximate surface area is 182 Å². The van der Waals surface area contributed by atoms with Crippen molar-refractivity contribution >= 4 is 73.5 Å². The fourth-order valence-electron chi connectivity index (χ4n) is 2.17. The Bertz CT molecular complexity index is 825. The summed E-state index contributed by atoms with van der Waals surface area (Å²) in [5, 5.41) is 36.2. The molecule has 0 aliphatic rings. The third kappa shape index (κ3) is 6.28. The second-order valence-corrected chi connectivity index (χ2v) is 4.74. The predicted molar refractivity (Wildman–Crippen MR) is 109 cm³/mol. The maximum atomic E-state index is 11.2. The van der Waals surface area contributed by atoms with Gasteiger partial charge in [0.2, 0.25) is 0 Å². The largest absolute Gasteiger partial charge is 0.478 e. The summed E-state index contributed by atoms with van der Waals surface area (Å²) in [7, 11) is 0. The number of rotatable bonds is 5. The molecule has 0 saturated carbocycles. The van der Waals surface area contributed by atoms with E-state index in [0.717, 1.165) is 24.3 Å². The van der Waals surface area contributed by atoms with Gasteiger partial charge in [-0.05, 0) is 35.4 Å². The van der Waals surface area contributed by atoms with E-state index in [0.29, 0.717) is 0 Å². The van der Waals surface area contributed by atoms with Crippen molar-refractivity contribution in [2.75, 3.05) is 0 Å².